The van der Waals surface area contributed by atoms with Crippen molar-refractivity contribution in [3.8, 4) is 0 Å². The minimum Gasteiger partial charge on any atom is -0.480 e. The van der Waals surface area contributed by atoms with E-state index in [1.807, 2.05) is 11.8 Å². The van der Waals surface area contributed by atoms with Crippen molar-refractivity contribution in [3.05, 3.63) is 12.2 Å². The average molecular weight is 302 g/mol. The molecule has 3 atom stereocenters. The number of aliphatic carboxylic acids is 1. The predicted molar refractivity (Wildman–Crippen MR) is 75.6 cm³/mol. The number of carboxylic acids is 1. The third-order valence-corrected chi connectivity index (χ3v) is 6.38. The Labute approximate surface area is 119 Å². The lowest BCUT2D eigenvalue weighted by Gasteiger charge is -2.48. The smallest absolute Gasteiger partial charge is 0.324 e. The van der Waals surface area contributed by atoms with Crippen molar-refractivity contribution in [2.24, 2.45) is 11.1 Å². The van der Waals surface area contributed by atoms with Crippen LogP contribution in [0.2, 0.25) is 0 Å². The Kier molecular flexibility index (Phi) is 3.73. The van der Waals surface area contributed by atoms with E-state index in [0.717, 1.165) is 12.8 Å². The van der Waals surface area contributed by atoms with Gasteiger partial charge in [0, 0.05) is 12.3 Å². The van der Waals surface area contributed by atoms with Crippen molar-refractivity contribution < 1.29 is 18.3 Å². The first-order valence-corrected chi connectivity index (χ1v) is 8.38. The van der Waals surface area contributed by atoms with Crippen molar-refractivity contribution in [1.82, 2.24) is 4.90 Å². The first-order valence-electron chi connectivity index (χ1n) is 6.84. The molecule has 0 aromatic rings. The van der Waals surface area contributed by atoms with Crippen LogP contribution in [0.25, 0.3) is 0 Å². The van der Waals surface area contributed by atoms with Gasteiger partial charge in [0.25, 0.3) is 0 Å². The van der Waals surface area contributed by atoms with E-state index in [-0.39, 0.29) is 12.3 Å². The minimum atomic E-state index is -3.86. The van der Waals surface area contributed by atoms with Crippen LogP contribution < -0.4 is 5.14 Å². The lowest BCUT2D eigenvalue weighted by Crippen LogP contribution is -2.63. The van der Waals surface area contributed by atoms with Gasteiger partial charge in [0.1, 0.15) is 10.3 Å². The molecule has 3 unspecified atom stereocenters. The van der Waals surface area contributed by atoms with Crippen molar-refractivity contribution in [2.75, 3.05) is 13.1 Å². The highest BCUT2D eigenvalue weighted by Gasteiger charge is 2.56. The summed E-state index contributed by atoms with van der Waals surface area (Å²) >= 11 is 0. The fourth-order valence-electron chi connectivity index (χ4n) is 3.38. The number of sulfonamides is 1. The van der Waals surface area contributed by atoms with Crippen LogP contribution in [0.1, 0.15) is 33.1 Å². The van der Waals surface area contributed by atoms with E-state index in [1.54, 1.807) is 12.2 Å². The highest BCUT2D eigenvalue weighted by Crippen LogP contribution is 2.43. The fraction of sp³-hybridized carbons (Fsp3) is 0.769. The number of nitrogens with two attached hydrogens (primary N) is 1. The molecule has 0 saturated carbocycles. The maximum absolute atomic E-state index is 12.0. The monoisotopic (exact) mass is 302 g/mol. The third-order valence-electron chi connectivity index (χ3n) is 4.80. The standard InChI is InChI=1S/C13H22N2O4S/c1-10-5-6-12(2,20(14,18)19)9-13(10,11(16)17)15-7-3-4-8-15/h5-6,10H,3-4,7-9H2,1-2H3,(H,16,17)(H2,14,18,19). The van der Waals surface area contributed by atoms with Crippen molar-refractivity contribution in [2.45, 2.75) is 43.4 Å². The van der Waals surface area contributed by atoms with Crippen LogP contribution in [-0.2, 0) is 14.8 Å². The van der Waals surface area contributed by atoms with Gasteiger partial charge in [-0.25, -0.2) is 13.6 Å². The summed E-state index contributed by atoms with van der Waals surface area (Å²) in [6.07, 6.45) is 5.10. The molecule has 1 aliphatic heterocycles. The summed E-state index contributed by atoms with van der Waals surface area (Å²) in [4.78, 5) is 13.9. The van der Waals surface area contributed by atoms with E-state index in [9.17, 15) is 18.3 Å². The Morgan fingerprint density at radius 3 is 2.40 bits per heavy atom. The summed E-state index contributed by atoms with van der Waals surface area (Å²) in [5.41, 5.74) is -1.19. The van der Waals surface area contributed by atoms with Gasteiger partial charge in [-0.05, 0) is 32.9 Å². The summed E-state index contributed by atoms with van der Waals surface area (Å²) in [6, 6.07) is 0. The molecular formula is C13H22N2O4S. The van der Waals surface area contributed by atoms with Gasteiger partial charge >= 0.3 is 5.97 Å². The third kappa shape index (κ3) is 2.17. The maximum Gasteiger partial charge on any atom is 0.324 e. The predicted octanol–water partition coefficient (Wildman–Crippen LogP) is 0.549. The molecule has 114 valence electrons. The van der Waals surface area contributed by atoms with Crippen molar-refractivity contribution >= 4 is 16.0 Å². The Hall–Kier alpha value is -0.920. The van der Waals surface area contributed by atoms with Gasteiger partial charge in [-0.2, -0.15) is 0 Å². The van der Waals surface area contributed by atoms with E-state index in [4.69, 9.17) is 5.14 Å². The topological polar surface area (TPSA) is 101 Å². The van der Waals surface area contributed by atoms with Gasteiger partial charge in [0.2, 0.25) is 10.0 Å². The molecule has 3 N–H and O–H groups in total. The SMILES string of the molecule is CC1C=CC(C)(S(N)(=O)=O)CC1(C(=O)O)N1CCCC1. The number of hydrogen-bond acceptors (Lipinski definition) is 4. The number of hydrogen-bond donors (Lipinski definition) is 2. The van der Waals surface area contributed by atoms with E-state index >= 15 is 0 Å². The average Bonchev–Trinajstić information content (AvgIpc) is 2.84. The second kappa shape index (κ2) is 4.82. The molecular weight excluding hydrogens is 280 g/mol. The summed E-state index contributed by atoms with van der Waals surface area (Å²) in [7, 11) is -3.86. The molecule has 1 aliphatic carbocycles. The lowest BCUT2D eigenvalue weighted by molar-refractivity contribution is -0.155. The molecule has 0 radical (unpaired) electrons. The number of likely N-dealkylation sites (tertiary alicyclic amines) is 1. The number of carbonyl (C=O) groups is 1. The Bertz CT molecular complexity index is 539. The molecule has 0 aromatic heterocycles. The van der Waals surface area contributed by atoms with Crippen LogP contribution in [-0.4, -0.2) is 47.8 Å². The highest BCUT2D eigenvalue weighted by atomic mass is 32.2. The summed E-state index contributed by atoms with van der Waals surface area (Å²) in [5, 5.41) is 15.1. The molecule has 0 bridgehead atoms. The van der Waals surface area contributed by atoms with Gasteiger partial charge in [-0.1, -0.05) is 19.1 Å². The van der Waals surface area contributed by atoms with Gasteiger partial charge in [0.15, 0.2) is 0 Å². The summed E-state index contributed by atoms with van der Waals surface area (Å²) in [5.74, 6) is -1.22. The van der Waals surface area contributed by atoms with Crippen LogP contribution in [0.3, 0.4) is 0 Å². The molecule has 6 nitrogen and oxygen atoms in total. The summed E-state index contributed by atoms with van der Waals surface area (Å²) in [6.45, 7) is 4.69. The zero-order valence-corrected chi connectivity index (χ0v) is 12.7. The zero-order chi connectivity index (χ0) is 15.2. The molecule has 0 spiro atoms. The van der Waals surface area contributed by atoms with Gasteiger partial charge in [0.05, 0.1) is 0 Å². The molecule has 1 heterocycles. The minimum absolute atomic E-state index is 0.00810. The number of carboxylic acid groups (broad SMARTS) is 1. The molecule has 0 amide bonds. The van der Waals surface area contributed by atoms with E-state index in [0.29, 0.717) is 13.1 Å². The van der Waals surface area contributed by atoms with E-state index in [2.05, 4.69) is 0 Å². The molecule has 7 heteroatoms. The van der Waals surface area contributed by atoms with Crippen molar-refractivity contribution in [3.63, 3.8) is 0 Å². The van der Waals surface area contributed by atoms with Gasteiger partial charge < -0.3 is 5.11 Å². The number of nitrogens with zero attached hydrogens (tertiary/aromatic N) is 1. The normalized spacial score (nSPS) is 39.0. The van der Waals surface area contributed by atoms with Crippen molar-refractivity contribution in [1.29, 1.82) is 0 Å². The fourth-order valence-corrected chi connectivity index (χ4v) is 4.07. The second-order valence-electron chi connectivity index (χ2n) is 6.11. The summed E-state index contributed by atoms with van der Waals surface area (Å²) < 4.78 is 22.4. The Morgan fingerprint density at radius 2 is 1.95 bits per heavy atom. The molecule has 2 aliphatic rings. The zero-order valence-electron chi connectivity index (χ0n) is 11.9. The van der Waals surface area contributed by atoms with Crippen LogP contribution in [0, 0.1) is 5.92 Å². The molecule has 2 rings (SSSR count). The molecule has 0 aromatic carbocycles. The Morgan fingerprint density at radius 1 is 1.40 bits per heavy atom. The largest absolute Gasteiger partial charge is 0.480 e. The number of rotatable bonds is 3. The highest BCUT2D eigenvalue weighted by molar-refractivity contribution is 7.90. The van der Waals surface area contributed by atoms with Gasteiger partial charge in [-0.15, -0.1) is 0 Å². The van der Waals surface area contributed by atoms with E-state index < -0.39 is 26.3 Å². The van der Waals surface area contributed by atoms with Crippen LogP contribution >= 0.6 is 0 Å². The van der Waals surface area contributed by atoms with E-state index in [1.165, 1.54) is 6.92 Å². The molecule has 1 fully saturated rings. The first kappa shape index (κ1) is 15.5. The Balaban J connectivity index is 2.52. The van der Waals surface area contributed by atoms with Crippen LogP contribution in [0.5, 0.6) is 0 Å². The van der Waals surface area contributed by atoms with Crippen LogP contribution in [0.4, 0.5) is 0 Å². The molecule has 20 heavy (non-hydrogen) atoms. The molecule has 1 saturated heterocycles. The lowest BCUT2D eigenvalue weighted by atomic mass is 9.72. The quantitative estimate of drug-likeness (QED) is 0.741. The van der Waals surface area contributed by atoms with Gasteiger partial charge in [-0.3, -0.25) is 9.69 Å². The number of primary sulfonamides is 1. The second-order valence-corrected chi connectivity index (χ2v) is 8.13. The van der Waals surface area contributed by atoms with Crippen LogP contribution in [0.15, 0.2) is 12.2 Å². The first-order chi connectivity index (χ1) is 9.13. The maximum atomic E-state index is 12.0.